The summed E-state index contributed by atoms with van der Waals surface area (Å²) in [5, 5.41) is 3.18. The number of hydrogen-bond donors (Lipinski definition) is 1. The average Bonchev–Trinajstić information content (AvgIpc) is 2.68. The SMILES string of the molecule is CCCOCCOCCOCCOCCNc1ccc(C(C)=O)c(C(C)=O)c1. The van der Waals surface area contributed by atoms with E-state index >= 15 is 0 Å². The zero-order valence-corrected chi connectivity index (χ0v) is 17.3. The Morgan fingerprint density at radius 2 is 1.25 bits per heavy atom. The van der Waals surface area contributed by atoms with E-state index in [9.17, 15) is 9.59 Å². The van der Waals surface area contributed by atoms with Crippen LogP contribution in [0.25, 0.3) is 0 Å². The molecule has 0 unspecified atom stereocenters. The van der Waals surface area contributed by atoms with Crippen LogP contribution in [0.4, 0.5) is 5.69 Å². The maximum atomic E-state index is 11.7. The quantitative estimate of drug-likeness (QED) is 0.321. The van der Waals surface area contributed by atoms with Crippen LogP contribution >= 0.6 is 0 Å². The van der Waals surface area contributed by atoms with Crippen molar-refractivity contribution in [3.63, 3.8) is 0 Å². The molecule has 7 heteroatoms. The standard InChI is InChI=1S/C21H33NO6/c1-4-8-25-10-12-27-14-15-28-13-11-26-9-7-22-19-5-6-20(17(2)23)21(16-19)18(3)24/h5-6,16,22H,4,7-15H2,1-3H3. The number of carbonyl (C=O) groups excluding carboxylic acids is 2. The molecule has 1 rings (SSSR count). The van der Waals surface area contributed by atoms with Gasteiger partial charge in [-0.2, -0.15) is 0 Å². The van der Waals surface area contributed by atoms with Gasteiger partial charge in [0.25, 0.3) is 0 Å². The first-order chi connectivity index (χ1) is 13.6. The van der Waals surface area contributed by atoms with Gasteiger partial charge >= 0.3 is 0 Å². The smallest absolute Gasteiger partial charge is 0.160 e. The Morgan fingerprint density at radius 1 is 0.750 bits per heavy atom. The lowest BCUT2D eigenvalue weighted by Gasteiger charge is -2.11. The van der Waals surface area contributed by atoms with Gasteiger partial charge in [0.15, 0.2) is 11.6 Å². The van der Waals surface area contributed by atoms with E-state index in [-0.39, 0.29) is 11.6 Å². The lowest BCUT2D eigenvalue weighted by molar-refractivity contribution is -0.000686. The van der Waals surface area contributed by atoms with Crippen molar-refractivity contribution in [3.05, 3.63) is 29.3 Å². The summed E-state index contributed by atoms with van der Waals surface area (Å²) < 4.78 is 21.6. The van der Waals surface area contributed by atoms with Gasteiger partial charge in [0.05, 0.1) is 46.2 Å². The largest absolute Gasteiger partial charge is 0.383 e. The molecule has 28 heavy (non-hydrogen) atoms. The van der Waals surface area contributed by atoms with Crippen molar-refractivity contribution in [3.8, 4) is 0 Å². The summed E-state index contributed by atoms with van der Waals surface area (Å²) in [7, 11) is 0. The predicted octanol–water partition coefficient (Wildman–Crippen LogP) is 2.98. The van der Waals surface area contributed by atoms with Crippen LogP contribution in [0.15, 0.2) is 18.2 Å². The molecule has 158 valence electrons. The highest BCUT2D eigenvalue weighted by atomic mass is 16.6. The molecule has 0 bridgehead atoms. The van der Waals surface area contributed by atoms with E-state index in [1.807, 2.05) is 0 Å². The molecule has 0 aliphatic rings. The number of anilines is 1. The maximum absolute atomic E-state index is 11.7. The molecule has 0 amide bonds. The van der Waals surface area contributed by atoms with Crippen LogP contribution in [0.5, 0.6) is 0 Å². The molecule has 0 spiro atoms. The second kappa shape index (κ2) is 15.2. The minimum Gasteiger partial charge on any atom is -0.383 e. The van der Waals surface area contributed by atoms with Crippen molar-refractivity contribution in [2.75, 3.05) is 64.7 Å². The summed E-state index contributed by atoms with van der Waals surface area (Å²) in [6, 6.07) is 5.17. The van der Waals surface area contributed by atoms with Crippen LogP contribution in [0.1, 0.15) is 47.9 Å². The molecule has 0 aromatic heterocycles. The van der Waals surface area contributed by atoms with Gasteiger partial charge in [-0.25, -0.2) is 0 Å². The van der Waals surface area contributed by atoms with Crippen LogP contribution in [0.3, 0.4) is 0 Å². The van der Waals surface area contributed by atoms with Crippen molar-refractivity contribution < 1.29 is 28.5 Å². The highest BCUT2D eigenvalue weighted by molar-refractivity contribution is 6.07. The molecule has 1 aromatic carbocycles. The Bertz CT molecular complexity index is 590. The third-order valence-electron chi connectivity index (χ3n) is 3.82. The summed E-state index contributed by atoms with van der Waals surface area (Å²) >= 11 is 0. The van der Waals surface area contributed by atoms with Gasteiger partial charge in [0, 0.05) is 30.0 Å². The summed E-state index contributed by atoms with van der Waals surface area (Å²) in [5.41, 5.74) is 1.67. The number of carbonyl (C=O) groups is 2. The fraction of sp³-hybridized carbons (Fsp3) is 0.619. The van der Waals surface area contributed by atoms with Crippen molar-refractivity contribution in [2.45, 2.75) is 27.2 Å². The number of nitrogens with one attached hydrogen (secondary N) is 1. The van der Waals surface area contributed by atoms with Crippen molar-refractivity contribution in [1.82, 2.24) is 0 Å². The molecule has 0 saturated carbocycles. The maximum Gasteiger partial charge on any atom is 0.160 e. The Balaban J connectivity index is 2.05. The monoisotopic (exact) mass is 395 g/mol. The molecule has 0 fully saturated rings. The molecule has 0 radical (unpaired) electrons. The Hall–Kier alpha value is -1.80. The molecular weight excluding hydrogens is 362 g/mol. The minimum atomic E-state index is -0.125. The van der Waals surface area contributed by atoms with Crippen LogP contribution in [-0.4, -0.2) is 71.0 Å². The third kappa shape index (κ3) is 10.5. The molecule has 0 heterocycles. The number of hydrogen-bond acceptors (Lipinski definition) is 7. The van der Waals surface area contributed by atoms with E-state index in [4.69, 9.17) is 18.9 Å². The first-order valence-electron chi connectivity index (χ1n) is 9.77. The summed E-state index contributed by atoms with van der Waals surface area (Å²) in [6.07, 6.45) is 1.02. The highest BCUT2D eigenvalue weighted by Crippen LogP contribution is 2.17. The zero-order valence-electron chi connectivity index (χ0n) is 17.3. The Labute approximate surface area is 167 Å². The number of benzene rings is 1. The van der Waals surface area contributed by atoms with Gasteiger partial charge in [0.1, 0.15) is 0 Å². The molecule has 0 atom stereocenters. The van der Waals surface area contributed by atoms with Gasteiger partial charge in [-0.15, -0.1) is 0 Å². The summed E-state index contributed by atoms with van der Waals surface area (Å²) in [6.45, 7) is 10.2. The molecule has 1 N–H and O–H groups in total. The van der Waals surface area contributed by atoms with Crippen molar-refractivity contribution in [1.29, 1.82) is 0 Å². The Kier molecular flexibility index (Phi) is 13.1. The fourth-order valence-electron chi connectivity index (χ4n) is 2.43. The van der Waals surface area contributed by atoms with Gasteiger partial charge in [-0.3, -0.25) is 9.59 Å². The van der Waals surface area contributed by atoms with Crippen molar-refractivity contribution in [2.24, 2.45) is 0 Å². The average molecular weight is 395 g/mol. The lowest BCUT2D eigenvalue weighted by atomic mass is 10.0. The lowest BCUT2D eigenvalue weighted by Crippen LogP contribution is -2.15. The molecule has 1 aromatic rings. The van der Waals surface area contributed by atoms with E-state index in [2.05, 4.69) is 12.2 Å². The molecule has 0 aliphatic heterocycles. The summed E-state index contributed by atoms with van der Waals surface area (Å²) in [5.74, 6) is -0.241. The first kappa shape index (κ1) is 24.2. The van der Waals surface area contributed by atoms with E-state index in [0.29, 0.717) is 63.9 Å². The minimum absolute atomic E-state index is 0.115. The number of ether oxygens (including phenoxy) is 4. The van der Waals surface area contributed by atoms with Crippen LogP contribution in [-0.2, 0) is 18.9 Å². The zero-order chi connectivity index (χ0) is 20.6. The fourth-order valence-corrected chi connectivity index (χ4v) is 2.43. The second-order valence-corrected chi connectivity index (χ2v) is 6.25. The number of rotatable bonds is 17. The van der Waals surface area contributed by atoms with Gasteiger partial charge in [0.2, 0.25) is 0 Å². The van der Waals surface area contributed by atoms with Crippen LogP contribution in [0, 0.1) is 0 Å². The Morgan fingerprint density at radius 3 is 1.75 bits per heavy atom. The topological polar surface area (TPSA) is 83.1 Å². The van der Waals surface area contributed by atoms with Crippen LogP contribution < -0.4 is 5.32 Å². The first-order valence-corrected chi connectivity index (χ1v) is 9.77. The summed E-state index contributed by atoms with van der Waals surface area (Å²) in [4.78, 5) is 23.3. The third-order valence-corrected chi connectivity index (χ3v) is 3.82. The highest BCUT2D eigenvalue weighted by Gasteiger charge is 2.11. The molecular formula is C21H33NO6. The van der Waals surface area contributed by atoms with Gasteiger partial charge in [-0.1, -0.05) is 6.92 Å². The van der Waals surface area contributed by atoms with E-state index in [1.54, 1.807) is 18.2 Å². The number of Topliss-reactive ketones (excluding diaryl/α,β-unsaturated/α-hetero) is 2. The normalized spacial score (nSPS) is 10.8. The van der Waals surface area contributed by atoms with Gasteiger partial charge in [-0.05, 0) is 38.5 Å². The van der Waals surface area contributed by atoms with Crippen molar-refractivity contribution >= 4 is 17.3 Å². The van der Waals surface area contributed by atoms with E-state index in [1.165, 1.54) is 13.8 Å². The molecule has 0 aliphatic carbocycles. The molecule has 7 nitrogen and oxygen atoms in total. The predicted molar refractivity (Wildman–Crippen MR) is 109 cm³/mol. The van der Waals surface area contributed by atoms with E-state index in [0.717, 1.165) is 18.7 Å². The molecule has 0 saturated heterocycles. The second-order valence-electron chi connectivity index (χ2n) is 6.25. The van der Waals surface area contributed by atoms with E-state index < -0.39 is 0 Å². The van der Waals surface area contributed by atoms with Crippen LogP contribution in [0.2, 0.25) is 0 Å². The number of ketones is 2. The van der Waals surface area contributed by atoms with Gasteiger partial charge < -0.3 is 24.3 Å².